The van der Waals surface area contributed by atoms with Crippen LogP contribution in [0.1, 0.15) is 66.6 Å². The number of nitrogens with two attached hydrogens (primary N) is 1. The molecule has 1 amide bonds. The van der Waals surface area contributed by atoms with Gasteiger partial charge in [-0.1, -0.05) is 19.3 Å². The standard InChI is InChI=1S/C25H32F3N3O3S/c1-16-20(24(32)30-19-9-11-34-12-10-19)14-22(31(16)15-17-5-3-2-4-6-17)18-7-8-23(35(29)33)21(13-18)25(26,27)28/h7-8,13-14,17,19H,2-6,9-12,15,29H2,1H3,(H,30,32). The summed E-state index contributed by atoms with van der Waals surface area (Å²) in [6.45, 7) is 3.66. The lowest BCUT2D eigenvalue weighted by atomic mass is 9.89. The van der Waals surface area contributed by atoms with Gasteiger partial charge in [-0.25, -0.2) is 0 Å². The molecular weight excluding hydrogens is 479 g/mol. The summed E-state index contributed by atoms with van der Waals surface area (Å²) in [4.78, 5) is 12.7. The molecular formula is C25H32F3N3O3S. The van der Waals surface area contributed by atoms with Crippen molar-refractivity contribution in [3.63, 3.8) is 0 Å². The average molecular weight is 512 g/mol. The zero-order chi connectivity index (χ0) is 25.2. The number of benzene rings is 1. The Balaban J connectivity index is 1.74. The fourth-order valence-corrected chi connectivity index (χ4v) is 5.76. The second-order valence-corrected chi connectivity index (χ2v) is 10.5. The molecule has 4 rings (SSSR count). The molecule has 1 aromatic heterocycles. The lowest BCUT2D eigenvalue weighted by molar-refractivity contribution is -0.139. The molecule has 6 nitrogen and oxygen atoms in total. The molecule has 2 aromatic rings. The lowest BCUT2D eigenvalue weighted by Crippen LogP contribution is -2.39. The molecule has 1 aliphatic heterocycles. The number of hydrogen-bond acceptors (Lipinski definition) is 4. The maximum atomic E-state index is 13.8. The molecule has 0 radical (unpaired) electrons. The molecule has 0 spiro atoms. The highest BCUT2D eigenvalue weighted by molar-refractivity contribution is 7.89. The van der Waals surface area contributed by atoms with E-state index in [1.165, 1.54) is 18.6 Å². The van der Waals surface area contributed by atoms with Crippen molar-refractivity contribution in [2.24, 2.45) is 11.1 Å². The minimum absolute atomic E-state index is 0.0106. The van der Waals surface area contributed by atoms with Gasteiger partial charge < -0.3 is 19.2 Å². The Kier molecular flexibility index (Phi) is 8.15. The van der Waals surface area contributed by atoms with Gasteiger partial charge in [-0.05, 0) is 68.4 Å². The van der Waals surface area contributed by atoms with E-state index >= 15 is 0 Å². The van der Waals surface area contributed by atoms with Crippen LogP contribution >= 0.6 is 0 Å². The molecule has 0 bridgehead atoms. The first-order chi connectivity index (χ1) is 16.6. The number of rotatable bonds is 6. The number of hydrogen-bond donors (Lipinski definition) is 2. The van der Waals surface area contributed by atoms with Crippen LogP contribution < -0.4 is 10.5 Å². The smallest absolute Gasteiger partial charge is 0.421 e. The number of halogens is 3. The summed E-state index contributed by atoms with van der Waals surface area (Å²) in [5.74, 6) is 0.173. The molecule has 192 valence electrons. The fourth-order valence-electron chi connectivity index (χ4n) is 5.17. The summed E-state index contributed by atoms with van der Waals surface area (Å²) in [5.41, 5.74) is 1.03. The molecule has 1 aliphatic carbocycles. The largest absolute Gasteiger partial charge is 0.593 e. The number of amides is 1. The van der Waals surface area contributed by atoms with E-state index in [1.807, 2.05) is 11.5 Å². The molecule has 1 saturated heterocycles. The summed E-state index contributed by atoms with van der Waals surface area (Å²) < 4.78 is 60.4. The quantitative estimate of drug-likeness (QED) is 0.537. The van der Waals surface area contributed by atoms with Crippen LogP contribution in [0.2, 0.25) is 0 Å². The zero-order valence-corrected chi connectivity index (χ0v) is 20.6. The van der Waals surface area contributed by atoms with Crippen LogP contribution in [0, 0.1) is 12.8 Å². The Morgan fingerprint density at radius 2 is 1.86 bits per heavy atom. The zero-order valence-electron chi connectivity index (χ0n) is 19.8. The van der Waals surface area contributed by atoms with Gasteiger partial charge in [0.15, 0.2) is 4.90 Å². The number of aromatic nitrogens is 1. The van der Waals surface area contributed by atoms with Crippen LogP contribution in [0.5, 0.6) is 0 Å². The summed E-state index contributed by atoms with van der Waals surface area (Å²) in [6.07, 6.45) is 2.32. The SMILES string of the molecule is Cc1c(C(=O)NC2CCOCC2)cc(-c2ccc([S+](N)[O-])c(C(F)(F)F)c2)n1CC1CCCCC1. The first kappa shape index (κ1) is 26.1. The van der Waals surface area contributed by atoms with Crippen molar-refractivity contribution in [1.82, 2.24) is 9.88 Å². The molecule has 2 heterocycles. The van der Waals surface area contributed by atoms with E-state index in [0.717, 1.165) is 50.3 Å². The van der Waals surface area contributed by atoms with Crippen molar-refractivity contribution in [2.45, 2.75) is 75.5 Å². The van der Waals surface area contributed by atoms with Crippen LogP contribution in [-0.4, -0.2) is 34.3 Å². The van der Waals surface area contributed by atoms with Gasteiger partial charge in [0.2, 0.25) is 0 Å². The monoisotopic (exact) mass is 511 g/mol. The van der Waals surface area contributed by atoms with E-state index in [-0.39, 0.29) is 11.9 Å². The van der Waals surface area contributed by atoms with E-state index in [9.17, 15) is 22.5 Å². The van der Waals surface area contributed by atoms with Crippen LogP contribution in [0.25, 0.3) is 11.3 Å². The number of carbonyl (C=O) groups excluding carboxylic acids is 1. The Bertz CT molecular complexity index is 1040. The van der Waals surface area contributed by atoms with Gasteiger partial charge in [0, 0.05) is 37.2 Å². The number of nitrogens with one attached hydrogen (secondary N) is 1. The Labute approximate surface area is 206 Å². The Morgan fingerprint density at radius 3 is 2.49 bits per heavy atom. The number of alkyl halides is 3. The van der Waals surface area contributed by atoms with Crippen molar-refractivity contribution in [3.8, 4) is 11.3 Å². The lowest BCUT2D eigenvalue weighted by Gasteiger charge is -2.25. The summed E-state index contributed by atoms with van der Waals surface area (Å²) in [6, 6.07) is 5.36. The third kappa shape index (κ3) is 6.04. The maximum absolute atomic E-state index is 13.8. The number of ether oxygens (including phenoxy) is 1. The van der Waals surface area contributed by atoms with E-state index in [4.69, 9.17) is 9.88 Å². The van der Waals surface area contributed by atoms with E-state index in [1.54, 1.807) is 6.07 Å². The fraction of sp³-hybridized carbons (Fsp3) is 0.560. The third-order valence-corrected chi connectivity index (χ3v) is 7.92. The highest BCUT2D eigenvalue weighted by atomic mass is 32.2. The average Bonchev–Trinajstić information content (AvgIpc) is 3.15. The van der Waals surface area contributed by atoms with E-state index in [0.29, 0.717) is 42.5 Å². The Hall–Kier alpha value is -2.01. The normalized spacial score (nSPS) is 19.0. The van der Waals surface area contributed by atoms with Crippen LogP contribution in [0.4, 0.5) is 13.2 Å². The predicted molar refractivity (Wildman–Crippen MR) is 128 cm³/mol. The van der Waals surface area contributed by atoms with Gasteiger partial charge >= 0.3 is 6.18 Å². The van der Waals surface area contributed by atoms with Crippen molar-refractivity contribution in [2.75, 3.05) is 13.2 Å². The van der Waals surface area contributed by atoms with Gasteiger partial charge in [0.05, 0.1) is 16.9 Å². The molecule has 2 aliphatic rings. The highest BCUT2D eigenvalue weighted by Gasteiger charge is 2.38. The van der Waals surface area contributed by atoms with Gasteiger partial charge in [-0.3, -0.25) is 4.79 Å². The van der Waals surface area contributed by atoms with Crippen molar-refractivity contribution < 1.29 is 27.3 Å². The number of carbonyl (C=O) groups is 1. The minimum Gasteiger partial charge on any atom is -0.593 e. The minimum atomic E-state index is -4.71. The van der Waals surface area contributed by atoms with E-state index < -0.39 is 28.0 Å². The summed E-state index contributed by atoms with van der Waals surface area (Å²) in [5, 5.41) is 8.38. The van der Waals surface area contributed by atoms with Gasteiger partial charge in [-0.15, -0.1) is 5.14 Å². The highest BCUT2D eigenvalue weighted by Crippen LogP contribution is 2.38. The predicted octanol–water partition coefficient (Wildman–Crippen LogP) is 4.95. The van der Waals surface area contributed by atoms with E-state index in [2.05, 4.69) is 5.32 Å². The van der Waals surface area contributed by atoms with Crippen molar-refractivity contribution in [1.29, 1.82) is 0 Å². The molecule has 1 atom stereocenters. The molecule has 35 heavy (non-hydrogen) atoms. The second-order valence-electron chi connectivity index (χ2n) is 9.51. The Morgan fingerprint density at radius 1 is 1.17 bits per heavy atom. The van der Waals surface area contributed by atoms with Crippen LogP contribution in [0.15, 0.2) is 29.2 Å². The molecule has 1 saturated carbocycles. The molecule has 10 heteroatoms. The first-order valence-electron chi connectivity index (χ1n) is 12.1. The number of nitrogens with zero attached hydrogens (tertiary/aromatic N) is 1. The third-order valence-electron chi connectivity index (χ3n) is 7.13. The van der Waals surface area contributed by atoms with Crippen molar-refractivity contribution >= 4 is 17.3 Å². The molecule has 1 aromatic carbocycles. The van der Waals surface area contributed by atoms with Gasteiger partial charge in [-0.2, -0.15) is 13.2 Å². The topological polar surface area (TPSA) is 92.3 Å². The second kappa shape index (κ2) is 10.9. The first-order valence-corrected chi connectivity index (χ1v) is 13.3. The molecule has 3 N–H and O–H groups in total. The summed E-state index contributed by atoms with van der Waals surface area (Å²) >= 11 is -2.27. The molecule has 1 unspecified atom stereocenters. The van der Waals surface area contributed by atoms with Crippen molar-refractivity contribution in [3.05, 3.63) is 41.1 Å². The van der Waals surface area contributed by atoms with Crippen LogP contribution in [-0.2, 0) is 28.8 Å². The van der Waals surface area contributed by atoms with Gasteiger partial charge in [0.25, 0.3) is 5.91 Å². The van der Waals surface area contributed by atoms with Gasteiger partial charge in [0.1, 0.15) is 5.56 Å². The summed E-state index contributed by atoms with van der Waals surface area (Å²) in [7, 11) is 0. The molecule has 2 fully saturated rings. The maximum Gasteiger partial charge on any atom is 0.421 e. The van der Waals surface area contributed by atoms with Crippen LogP contribution in [0.3, 0.4) is 0 Å².